The van der Waals surface area contributed by atoms with Gasteiger partial charge in [-0.1, -0.05) is 39.0 Å². The minimum absolute atomic E-state index is 0.0474. The molecule has 84 valence electrons. The highest BCUT2D eigenvalue weighted by Gasteiger charge is 2.42. The topological polar surface area (TPSA) is 17.1 Å². The van der Waals surface area contributed by atoms with Gasteiger partial charge in [0.2, 0.25) is 0 Å². The van der Waals surface area contributed by atoms with Crippen LogP contribution in [0.2, 0.25) is 0 Å². The maximum Gasteiger partial charge on any atom is 0.159 e. The van der Waals surface area contributed by atoms with Crippen LogP contribution in [0.4, 0.5) is 0 Å². The van der Waals surface area contributed by atoms with Gasteiger partial charge in [-0.15, -0.1) is 0 Å². The Balaban J connectivity index is 3.00. The van der Waals surface area contributed by atoms with Crippen molar-refractivity contribution in [3.8, 4) is 0 Å². The molecule has 1 heteroatoms. The van der Waals surface area contributed by atoms with Crippen molar-refractivity contribution in [2.24, 2.45) is 17.3 Å². The SMILES string of the molecule is C=C1CC[C@@H](C)[C@@H](C(=O)/C=C/C)C1(C)C. The summed E-state index contributed by atoms with van der Waals surface area (Å²) in [4.78, 5) is 12.0. The van der Waals surface area contributed by atoms with Crippen molar-refractivity contribution in [3.63, 3.8) is 0 Å². The summed E-state index contributed by atoms with van der Waals surface area (Å²) in [5, 5.41) is 0. The predicted octanol–water partition coefficient (Wildman–Crippen LogP) is 3.76. The van der Waals surface area contributed by atoms with E-state index in [1.807, 2.05) is 13.0 Å². The molecule has 0 spiro atoms. The molecule has 1 fully saturated rings. The fourth-order valence-electron chi connectivity index (χ4n) is 2.73. The zero-order valence-electron chi connectivity index (χ0n) is 10.3. The zero-order chi connectivity index (χ0) is 11.6. The van der Waals surface area contributed by atoms with Crippen molar-refractivity contribution in [2.75, 3.05) is 0 Å². The summed E-state index contributed by atoms with van der Waals surface area (Å²) in [6, 6.07) is 0. The van der Waals surface area contributed by atoms with Crippen LogP contribution in [0.5, 0.6) is 0 Å². The van der Waals surface area contributed by atoms with Crippen LogP contribution >= 0.6 is 0 Å². The van der Waals surface area contributed by atoms with Crippen LogP contribution in [0.15, 0.2) is 24.3 Å². The number of rotatable bonds is 2. The first-order valence-corrected chi connectivity index (χ1v) is 5.76. The summed E-state index contributed by atoms with van der Waals surface area (Å²) < 4.78 is 0. The second-order valence-corrected chi connectivity index (χ2v) is 5.22. The minimum atomic E-state index is -0.0474. The molecular formula is C14H22O. The van der Waals surface area contributed by atoms with Crippen LogP contribution in [0.25, 0.3) is 0 Å². The summed E-state index contributed by atoms with van der Waals surface area (Å²) in [6.07, 6.45) is 5.70. The maximum atomic E-state index is 12.0. The van der Waals surface area contributed by atoms with Crippen molar-refractivity contribution in [3.05, 3.63) is 24.3 Å². The van der Waals surface area contributed by atoms with E-state index in [9.17, 15) is 4.79 Å². The zero-order valence-corrected chi connectivity index (χ0v) is 10.3. The standard InChI is InChI=1S/C14H22O/c1-6-7-12(15)13-10(2)8-9-11(3)14(13,4)5/h6-7,10,13H,3,8-9H2,1-2,4-5H3/b7-6+/t10-,13+/m1/s1. The first-order chi connectivity index (χ1) is 6.91. The van der Waals surface area contributed by atoms with E-state index in [4.69, 9.17) is 0 Å². The van der Waals surface area contributed by atoms with Gasteiger partial charge in [-0.25, -0.2) is 0 Å². The molecule has 0 aromatic rings. The van der Waals surface area contributed by atoms with Crippen molar-refractivity contribution in [1.29, 1.82) is 0 Å². The minimum Gasteiger partial charge on any atom is -0.295 e. The van der Waals surface area contributed by atoms with Crippen LogP contribution in [0.1, 0.15) is 40.5 Å². The third kappa shape index (κ3) is 2.22. The Labute approximate surface area is 93.3 Å². The van der Waals surface area contributed by atoms with E-state index in [1.165, 1.54) is 5.57 Å². The Morgan fingerprint density at radius 2 is 2.13 bits per heavy atom. The number of allylic oxidation sites excluding steroid dienone is 3. The summed E-state index contributed by atoms with van der Waals surface area (Å²) >= 11 is 0. The van der Waals surface area contributed by atoms with Crippen LogP contribution in [0, 0.1) is 17.3 Å². The van der Waals surface area contributed by atoms with Crippen LogP contribution in [0.3, 0.4) is 0 Å². The van der Waals surface area contributed by atoms with E-state index in [-0.39, 0.29) is 17.1 Å². The van der Waals surface area contributed by atoms with Crippen LogP contribution in [-0.2, 0) is 4.79 Å². The third-order valence-corrected chi connectivity index (χ3v) is 3.80. The van der Waals surface area contributed by atoms with Gasteiger partial charge in [0.25, 0.3) is 0 Å². The lowest BCUT2D eigenvalue weighted by Gasteiger charge is -2.43. The Kier molecular flexibility index (Phi) is 3.54. The molecule has 0 aliphatic heterocycles. The fraction of sp³-hybridized carbons (Fsp3) is 0.643. The van der Waals surface area contributed by atoms with E-state index in [2.05, 4.69) is 27.4 Å². The monoisotopic (exact) mass is 206 g/mol. The highest BCUT2D eigenvalue weighted by molar-refractivity contribution is 5.92. The van der Waals surface area contributed by atoms with Crippen LogP contribution in [-0.4, -0.2) is 5.78 Å². The molecule has 1 rings (SSSR count). The van der Waals surface area contributed by atoms with Crippen LogP contribution < -0.4 is 0 Å². The Morgan fingerprint density at radius 3 is 2.67 bits per heavy atom. The average Bonchev–Trinajstić information content (AvgIpc) is 2.12. The molecule has 0 saturated heterocycles. The van der Waals surface area contributed by atoms with Gasteiger partial charge in [-0.3, -0.25) is 4.79 Å². The number of ketones is 1. The summed E-state index contributed by atoms with van der Waals surface area (Å²) in [7, 11) is 0. The van der Waals surface area contributed by atoms with Gasteiger partial charge in [0.15, 0.2) is 5.78 Å². The number of carbonyl (C=O) groups excluding carboxylic acids is 1. The molecule has 1 nitrogen and oxygen atoms in total. The van der Waals surface area contributed by atoms with Gasteiger partial charge >= 0.3 is 0 Å². The maximum absolute atomic E-state index is 12.0. The summed E-state index contributed by atoms with van der Waals surface area (Å²) in [5.74, 6) is 0.833. The lowest BCUT2D eigenvalue weighted by atomic mass is 9.60. The van der Waals surface area contributed by atoms with Crippen molar-refractivity contribution < 1.29 is 4.79 Å². The van der Waals surface area contributed by atoms with Crippen molar-refractivity contribution >= 4 is 5.78 Å². The van der Waals surface area contributed by atoms with Gasteiger partial charge in [0.1, 0.15) is 0 Å². The number of hydrogen-bond acceptors (Lipinski definition) is 1. The molecule has 1 aliphatic rings. The molecule has 0 aromatic heterocycles. The second kappa shape index (κ2) is 4.34. The van der Waals surface area contributed by atoms with E-state index < -0.39 is 0 Å². The third-order valence-electron chi connectivity index (χ3n) is 3.80. The molecule has 0 heterocycles. The smallest absolute Gasteiger partial charge is 0.159 e. The van der Waals surface area contributed by atoms with Crippen molar-refractivity contribution in [2.45, 2.75) is 40.5 Å². The highest BCUT2D eigenvalue weighted by Crippen LogP contribution is 2.47. The van der Waals surface area contributed by atoms with E-state index in [0.29, 0.717) is 5.92 Å². The van der Waals surface area contributed by atoms with E-state index >= 15 is 0 Å². The molecule has 2 atom stereocenters. The van der Waals surface area contributed by atoms with Gasteiger partial charge in [0, 0.05) is 5.92 Å². The number of carbonyl (C=O) groups is 1. The van der Waals surface area contributed by atoms with E-state index in [0.717, 1.165) is 12.8 Å². The molecule has 0 amide bonds. The molecule has 15 heavy (non-hydrogen) atoms. The molecule has 1 aliphatic carbocycles. The molecule has 0 N–H and O–H groups in total. The molecule has 0 aromatic carbocycles. The van der Waals surface area contributed by atoms with Gasteiger partial charge in [0.05, 0.1) is 0 Å². The summed E-state index contributed by atoms with van der Waals surface area (Å²) in [5.41, 5.74) is 1.18. The molecule has 1 saturated carbocycles. The van der Waals surface area contributed by atoms with Gasteiger partial charge in [-0.2, -0.15) is 0 Å². The molecular weight excluding hydrogens is 184 g/mol. The normalized spacial score (nSPS) is 30.8. The highest BCUT2D eigenvalue weighted by atomic mass is 16.1. The van der Waals surface area contributed by atoms with E-state index in [1.54, 1.807) is 6.08 Å². The molecule has 0 bridgehead atoms. The van der Waals surface area contributed by atoms with Gasteiger partial charge in [-0.05, 0) is 37.2 Å². The first kappa shape index (κ1) is 12.2. The second-order valence-electron chi connectivity index (χ2n) is 5.22. The number of hydrogen-bond donors (Lipinski definition) is 0. The Hall–Kier alpha value is -0.850. The average molecular weight is 206 g/mol. The largest absolute Gasteiger partial charge is 0.295 e. The fourth-order valence-corrected chi connectivity index (χ4v) is 2.73. The quantitative estimate of drug-likeness (QED) is 0.496. The lowest BCUT2D eigenvalue weighted by Crippen LogP contribution is -2.39. The lowest BCUT2D eigenvalue weighted by molar-refractivity contribution is -0.123. The Morgan fingerprint density at radius 1 is 1.53 bits per heavy atom. The molecule has 0 radical (unpaired) electrons. The molecule has 0 unspecified atom stereocenters. The Bertz CT molecular complexity index is 296. The van der Waals surface area contributed by atoms with Gasteiger partial charge < -0.3 is 0 Å². The van der Waals surface area contributed by atoms with Crippen molar-refractivity contribution in [1.82, 2.24) is 0 Å². The first-order valence-electron chi connectivity index (χ1n) is 5.76. The predicted molar refractivity (Wildman–Crippen MR) is 64.6 cm³/mol. The summed E-state index contributed by atoms with van der Waals surface area (Å²) in [6.45, 7) is 12.5.